The van der Waals surface area contributed by atoms with Gasteiger partial charge in [0.25, 0.3) is 5.91 Å². The van der Waals surface area contributed by atoms with E-state index in [0.29, 0.717) is 18.7 Å². The highest BCUT2D eigenvalue weighted by atomic mass is 32.1. The van der Waals surface area contributed by atoms with Gasteiger partial charge in [0.15, 0.2) is 4.96 Å². The monoisotopic (exact) mass is 441 g/mol. The third kappa shape index (κ3) is 3.85. The highest BCUT2D eigenvalue weighted by Gasteiger charge is 2.13. The van der Waals surface area contributed by atoms with E-state index >= 15 is 0 Å². The van der Waals surface area contributed by atoms with E-state index in [1.165, 1.54) is 5.56 Å². The number of para-hydroxylation sites is 1. The Labute approximate surface area is 190 Å². The SMILES string of the molecule is CCOc1ccccc1CNC(=O)c1ccc2c(c1)sc1nc(-c3ccc(C)cc3)cn12. The van der Waals surface area contributed by atoms with Gasteiger partial charge in [0, 0.05) is 29.4 Å². The van der Waals surface area contributed by atoms with Crippen LogP contribution in [0.25, 0.3) is 26.4 Å². The van der Waals surface area contributed by atoms with Gasteiger partial charge in [0.05, 0.1) is 22.5 Å². The average Bonchev–Trinajstić information content (AvgIpc) is 3.36. The number of ether oxygens (including phenoxy) is 1. The van der Waals surface area contributed by atoms with Crippen molar-refractivity contribution in [1.29, 1.82) is 0 Å². The predicted octanol–water partition coefficient (Wildman–Crippen LogP) is 5.85. The number of rotatable bonds is 6. The number of amides is 1. The molecule has 0 saturated carbocycles. The normalized spacial score (nSPS) is 11.2. The lowest BCUT2D eigenvalue weighted by atomic mass is 10.1. The molecule has 0 bridgehead atoms. The highest BCUT2D eigenvalue weighted by Crippen LogP contribution is 2.30. The van der Waals surface area contributed by atoms with Crippen molar-refractivity contribution >= 4 is 32.4 Å². The molecular weight excluding hydrogens is 418 g/mol. The van der Waals surface area contributed by atoms with E-state index in [1.807, 2.05) is 49.4 Å². The molecule has 0 radical (unpaired) electrons. The van der Waals surface area contributed by atoms with Crippen molar-refractivity contribution < 1.29 is 9.53 Å². The van der Waals surface area contributed by atoms with Crippen LogP contribution >= 0.6 is 11.3 Å². The minimum absolute atomic E-state index is 0.107. The molecule has 0 atom stereocenters. The molecule has 160 valence electrons. The molecule has 5 rings (SSSR count). The molecule has 1 N–H and O–H groups in total. The summed E-state index contributed by atoms with van der Waals surface area (Å²) in [5.74, 6) is 0.694. The van der Waals surface area contributed by atoms with Crippen molar-refractivity contribution in [2.45, 2.75) is 20.4 Å². The first-order chi connectivity index (χ1) is 15.6. The van der Waals surface area contributed by atoms with E-state index < -0.39 is 0 Å². The molecule has 0 fully saturated rings. The first kappa shape index (κ1) is 20.3. The van der Waals surface area contributed by atoms with Crippen LogP contribution in [-0.2, 0) is 6.54 Å². The number of nitrogens with zero attached hydrogens (tertiary/aromatic N) is 2. The van der Waals surface area contributed by atoms with E-state index in [9.17, 15) is 4.79 Å². The summed E-state index contributed by atoms with van der Waals surface area (Å²) in [5.41, 5.74) is 5.93. The zero-order valence-corrected chi connectivity index (χ0v) is 18.8. The number of aryl methyl sites for hydroxylation is 1. The van der Waals surface area contributed by atoms with Crippen molar-refractivity contribution in [3.05, 3.63) is 89.6 Å². The summed E-state index contributed by atoms with van der Waals surface area (Å²) in [6, 6.07) is 21.9. The van der Waals surface area contributed by atoms with Gasteiger partial charge in [-0.1, -0.05) is 59.4 Å². The summed E-state index contributed by atoms with van der Waals surface area (Å²) >= 11 is 1.59. The van der Waals surface area contributed by atoms with Crippen LogP contribution in [-0.4, -0.2) is 21.9 Å². The summed E-state index contributed by atoms with van der Waals surface area (Å²) in [6.45, 7) is 5.04. The van der Waals surface area contributed by atoms with Gasteiger partial charge in [-0.05, 0) is 38.1 Å². The van der Waals surface area contributed by atoms with Gasteiger partial charge in [0.1, 0.15) is 5.75 Å². The molecule has 2 aromatic heterocycles. The number of imidazole rings is 1. The molecule has 0 saturated heterocycles. The molecule has 3 aromatic carbocycles. The second kappa shape index (κ2) is 8.48. The number of carbonyl (C=O) groups excluding carboxylic acids is 1. The second-order valence-corrected chi connectivity index (χ2v) is 8.66. The maximum absolute atomic E-state index is 12.8. The smallest absolute Gasteiger partial charge is 0.251 e. The Morgan fingerprint density at radius 2 is 1.91 bits per heavy atom. The van der Waals surface area contributed by atoms with Crippen LogP contribution in [0.5, 0.6) is 5.75 Å². The Morgan fingerprint density at radius 3 is 2.72 bits per heavy atom. The van der Waals surface area contributed by atoms with E-state index in [-0.39, 0.29) is 5.91 Å². The van der Waals surface area contributed by atoms with Gasteiger partial charge < -0.3 is 10.1 Å². The Hall–Kier alpha value is -3.64. The maximum atomic E-state index is 12.8. The van der Waals surface area contributed by atoms with Crippen LogP contribution in [0.1, 0.15) is 28.4 Å². The summed E-state index contributed by atoms with van der Waals surface area (Å²) in [6.07, 6.45) is 2.06. The lowest BCUT2D eigenvalue weighted by molar-refractivity contribution is 0.0951. The zero-order chi connectivity index (χ0) is 22.1. The van der Waals surface area contributed by atoms with Crippen LogP contribution in [0.3, 0.4) is 0 Å². The number of aromatic nitrogens is 2. The third-order valence-electron chi connectivity index (χ3n) is 5.42. The molecule has 2 heterocycles. The van der Waals surface area contributed by atoms with E-state index in [1.54, 1.807) is 11.3 Å². The number of nitrogens with one attached hydrogen (secondary N) is 1. The van der Waals surface area contributed by atoms with Crippen molar-refractivity contribution in [2.75, 3.05) is 6.61 Å². The number of thiazole rings is 1. The van der Waals surface area contributed by atoms with E-state index in [2.05, 4.69) is 47.1 Å². The van der Waals surface area contributed by atoms with Gasteiger partial charge in [-0.15, -0.1) is 0 Å². The first-order valence-corrected chi connectivity index (χ1v) is 11.4. The van der Waals surface area contributed by atoms with Gasteiger partial charge in [0.2, 0.25) is 0 Å². The molecule has 0 unspecified atom stereocenters. The Bertz CT molecular complexity index is 1420. The Morgan fingerprint density at radius 1 is 1.09 bits per heavy atom. The Balaban J connectivity index is 1.37. The molecule has 1 amide bonds. The molecule has 5 nitrogen and oxygen atoms in total. The average molecular weight is 442 g/mol. The van der Waals surface area contributed by atoms with Crippen molar-refractivity contribution in [2.24, 2.45) is 0 Å². The fourth-order valence-electron chi connectivity index (χ4n) is 3.73. The molecule has 0 spiro atoms. The molecule has 32 heavy (non-hydrogen) atoms. The second-order valence-electron chi connectivity index (χ2n) is 7.65. The van der Waals surface area contributed by atoms with Gasteiger partial charge in [-0.3, -0.25) is 9.20 Å². The third-order valence-corrected chi connectivity index (χ3v) is 6.43. The van der Waals surface area contributed by atoms with Gasteiger partial charge >= 0.3 is 0 Å². The number of hydrogen-bond acceptors (Lipinski definition) is 4. The van der Waals surface area contributed by atoms with Crippen LogP contribution in [0.2, 0.25) is 0 Å². The zero-order valence-electron chi connectivity index (χ0n) is 18.0. The van der Waals surface area contributed by atoms with Crippen molar-refractivity contribution in [3.8, 4) is 17.0 Å². The molecule has 5 aromatic rings. The van der Waals surface area contributed by atoms with Crippen LogP contribution in [0, 0.1) is 6.92 Å². The molecule has 0 aliphatic carbocycles. The van der Waals surface area contributed by atoms with E-state index in [0.717, 1.165) is 37.7 Å². The van der Waals surface area contributed by atoms with Crippen LogP contribution in [0.15, 0.2) is 72.9 Å². The first-order valence-electron chi connectivity index (χ1n) is 10.6. The number of fused-ring (bicyclic) bond motifs is 3. The minimum atomic E-state index is -0.107. The largest absolute Gasteiger partial charge is 0.494 e. The molecular formula is C26H23N3O2S. The minimum Gasteiger partial charge on any atom is -0.494 e. The fraction of sp³-hybridized carbons (Fsp3) is 0.154. The summed E-state index contributed by atoms with van der Waals surface area (Å²) in [4.78, 5) is 18.5. The van der Waals surface area contributed by atoms with Gasteiger partial charge in [-0.25, -0.2) is 4.98 Å². The van der Waals surface area contributed by atoms with Crippen molar-refractivity contribution in [1.82, 2.24) is 14.7 Å². The standard InChI is InChI=1S/C26H23N3O2S/c1-3-31-23-7-5-4-6-20(23)15-27-25(30)19-12-13-22-24(14-19)32-26-28-21(16-29(22)26)18-10-8-17(2)9-11-18/h4-14,16H,3,15H2,1-2H3,(H,27,30). The number of benzene rings is 3. The summed E-state index contributed by atoms with van der Waals surface area (Å²) in [5, 5.41) is 3.00. The van der Waals surface area contributed by atoms with Crippen LogP contribution < -0.4 is 10.1 Å². The lowest BCUT2D eigenvalue weighted by Gasteiger charge is -2.11. The Kier molecular flexibility index (Phi) is 5.37. The number of hydrogen-bond donors (Lipinski definition) is 1. The highest BCUT2D eigenvalue weighted by molar-refractivity contribution is 7.23. The molecule has 6 heteroatoms. The summed E-state index contributed by atoms with van der Waals surface area (Å²) < 4.78 is 8.77. The number of carbonyl (C=O) groups is 1. The fourth-order valence-corrected chi connectivity index (χ4v) is 4.78. The van der Waals surface area contributed by atoms with Crippen molar-refractivity contribution in [3.63, 3.8) is 0 Å². The molecule has 0 aliphatic rings. The lowest BCUT2D eigenvalue weighted by Crippen LogP contribution is -2.23. The van der Waals surface area contributed by atoms with E-state index in [4.69, 9.17) is 9.72 Å². The molecule has 0 aliphatic heterocycles. The predicted molar refractivity (Wildman–Crippen MR) is 130 cm³/mol. The quantitative estimate of drug-likeness (QED) is 0.359. The topological polar surface area (TPSA) is 55.6 Å². The van der Waals surface area contributed by atoms with Gasteiger partial charge in [-0.2, -0.15) is 0 Å². The summed E-state index contributed by atoms with van der Waals surface area (Å²) in [7, 11) is 0. The maximum Gasteiger partial charge on any atom is 0.251 e. The van der Waals surface area contributed by atoms with Crippen LogP contribution in [0.4, 0.5) is 0 Å².